The predicted octanol–water partition coefficient (Wildman–Crippen LogP) is 1.98. The standard InChI is InChI=1S/C12H19NO3/c1-2-16-12(15)13-8-9-4-3-5-10(13)7-11(14)6-9/h9-10H,2-8H2,1H3. The summed E-state index contributed by atoms with van der Waals surface area (Å²) in [5.41, 5.74) is 0. The third-order valence-electron chi connectivity index (χ3n) is 3.53. The fourth-order valence-corrected chi connectivity index (χ4v) is 2.79. The number of hydrogen-bond donors (Lipinski definition) is 0. The fraction of sp³-hybridized carbons (Fsp3) is 0.833. The van der Waals surface area contributed by atoms with Crippen LogP contribution < -0.4 is 0 Å². The molecule has 0 aromatic rings. The van der Waals surface area contributed by atoms with Crippen LogP contribution in [0.1, 0.15) is 39.0 Å². The monoisotopic (exact) mass is 225 g/mol. The molecule has 2 rings (SSSR count). The van der Waals surface area contributed by atoms with Gasteiger partial charge in [0.2, 0.25) is 0 Å². The van der Waals surface area contributed by atoms with Gasteiger partial charge >= 0.3 is 6.09 Å². The van der Waals surface area contributed by atoms with E-state index in [4.69, 9.17) is 4.74 Å². The number of nitrogens with zero attached hydrogens (tertiary/aromatic N) is 1. The van der Waals surface area contributed by atoms with Crippen LogP contribution in [0.25, 0.3) is 0 Å². The smallest absolute Gasteiger partial charge is 0.410 e. The minimum absolute atomic E-state index is 0.0825. The first-order valence-electron chi connectivity index (χ1n) is 6.15. The summed E-state index contributed by atoms with van der Waals surface area (Å²) in [4.78, 5) is 25.2. The Balaban J connectivity index is 2.12. The molecule has 2 heterocycles. The van der Waals surface area contributed by atoms with E-state index in [1.165, 1.54) is 0 Å². The molecule has 0 saturated carbocycles. The van der Waals surface area contributed by atoms with Gasteiger partial charge < -0.3 is 9.64 Å². The van der Waals surface area contributed by atoms with Crippen LogP contribution in [0, 0.1) is 5.92 Å². The number of ketones is 1. The molecule has 4 heteroatoms. The van der Waals surface area contributed by atoms with E-state index in [9.17, 15) is 9.59 Å². The maximum atomic E-state index is 11.8. The van der Waals surface area contributed by atoms with Gasteiger partial charge in [-0.2, -0.15) is 0 Å². The Bertz CT molecular complexity index is 290. The van der Waals surface area contributed by atoms with Gasteiger partial charge in [0.15, 0.2) is 0 Å². The van der Waals surface area contributed by atoms with Gasteiger partial charge in [0.1, 0.15) is 5.78 Å². The SMILES string of the molecule is CCOC(=O)N1CC2CCCC1CC(=O)C2. The quantitative estimate of drug-likeness (QED) is 0.685. The summed E-state index contributed by atoms with van der Waals surface area (Å²) in [6, 6.07) is 0.0825. The third kappa shape index (κ3) is 2.36. The average molecular weight is 225 g/mol. The van der Waals surface area contributed by atoms with Crippen molar-refractivity contribution in [1.82, 2.24) is 4.90 Å². The Hall–Kier alpha value is -1.06. The second-order valence-corrected chi connectivity index (χ2v) is 4.75. The molecule has 0 radical (unpaired) electrons. The van der Waals surface area contributed by atoms with Crippen molar-refractivity contribution in [3.05, 3.63) is 0 Å². The molecular weight excluding hydrogens is 206 g/mol. The van der Waals surface area contributed by atoms with Gasteiger partial charge in [0, 0.05) is 25.4 Å². The van der Waals surface area contributed by atoms with E-state index in [1.807, 2.05) is 6.92 Å². The summed E-state index contributed by atoms with van der Waals surface area (Å²) in [7, 11) is 0. The van der Waals surface area contributed by atoms with Crippen molar-refractivity contribution in [3.63, 3.8) is 0 Å². The molecule has 2 fully saturated rings. The van der Waals surface area contributed by atoms with Crippen LogP contribution in [0.5, 0.6) is 0 Å². The molecule has 2 saturated heterocycles. The Morgan fingerprint density at radius 2 is 2.25 bits per heavy atom. The van der Waals surface area contributed by atoms with Crippen molar-refractivity contribution in [2.45, 2.75) is 45.1 Å². The Morgan fingerprint density at radius 3 is 3.00 bits per heavy atom. The number of ether oxygens (including phenoxy) is 1. The zero-order valence-electron chi connectivity index (χ0n) is 9.78. The van der Waals surface area contributed by atoms with Crippen molar-refractivity contribution in [3.8, 4) is 0 Å². The second kappa shape index (κ2) is 4.85. The number of carbonyl (C=O) groups excluding carboxylic acids is 2. The molecule has 90 valence electrons. The van der Waals surface area contributed by atoms with Gasteiger partial charge in [-0.25, -0.2) is 4.79 Å². The molecule has 2 bridgehead atoms. The third-order valence-corrected chi connectivity index (χ3v) is 3.53. The molecule has 0 aromatic heterocycles. The summed E-state index contributed by atoms with van der Waals surface area (Å²) in [6.07, 6.45) is 4.06. The van der Waals surface area contributed by atoms with E-state index >= 15 is 0 Å². The van der Waals surface area contributed by atoms with Crippen LogP contribution in [0.15, 0.2) is 0 Å². The minimum atomic E-state index is -0.242. The Morgan fingerprint density at radius 1 is 1.44 bits per heavy atom. The lowest BCUT2D eigenvalue weighted by atomic mass is 9.92. The lowest BCUT2D eigenvalue weighted by Crippen LogP contribution is -2.41. The zero-order chi connectivity index (χ0) is 11.5. The normalized spacial score (nSPS) is 29.8. The molecule has 4 nitrogen and oxygen atoms in total. The number of amides is 1. The first kappa shape index (κ1) is 11.4. The summed E-state index contributed by atoms with van der Waals surface area (Å²) < 4.78 is 5.06. The van der Waals surface area contributed by atoms with Gasteiger partial charge in [-0.05, 0) is 25.7 Å². The van der Waals surface area contributed by atoms with Crippen molar-refractivity contribution in [2.75, 3.05) is 13.2 Å². The van der Waals surface area contributed by atoms with Gasteiger partial charge in [-0.1, -0.05) is 6.42 Å². The molecule has 0 spiro atoms. The molecule has 2 aliphatic rings. The summed E-state index contributed by atoms with van der Waals surface area (Å²) in [5, 5.41) is 0. The van der Waals surface area contributed by atoms with Crippen molar-refractivity contribution < 1.29 is 14.3 Å². The Kier molecular flexibility index (Phi) is 3.46. The lowest BCUT2D eigenvalue weighted by molar-refractivity contribution is -0.120. The first-order valence-corrected chi connectivity index (χ1v) is 6.15. The van der Waals surface area contributed by atoms with E-state index < -0.39 is 0 Å². The van der Waals surface area contributed by atoms with E-state index in [0.717, 1.165) is 19.3 Å². The topological polar surface area (TPSA) is 46.6 Å². The first-order chi connectivity index (χ1) is 7.70. The van der Waals surface area contributed by atoms with E-state index in [-0.39, 0.29) is 12.1 Å². The maximum Gasteiger partial charge on any atom is 0.410 e. The van der Waals surface area contributed by atoms with Crippen LogP contribution >= 0.6 is 0 Å². The highest BCUT2D eigenvalue weighted by Gasteiger charge is 2.35. The van der Waals surface area contributed by atoms with Crippen molar-refractivity contribution in [2.24, 2.45) is 5.92 Å². The second-order valence-electron chi connectivity index (χ2n) is 4.75. The van der Waals surface area contributed by atoms with Gasteiger partial charge in [-0.15, -0.1) is 0 Å². The van der Waals surface area contributed by atoms with Gasteiger partial charge in [0.05, 0.1) is 6.61 Å². The molecule has 1 amide bonds. The number of rotatable bonds is 1. The van der Waals surface area contributed by atoms with Crippen LogP contribution in [0.3, 0.4) is 0 Å². The van der Waals surface area contributed by atoms with E-state index in [1.54, 1.807) is 4.90 Å². The van der Waals surface area contributed by atoms with Crippen LogP contribution in [-0.4, -0.2) is 36.0 Å². The average Bonchev–Trinajstić information content (AvgIpc) is 2.47. The van der Waals surface area contributed by atoms with Crippen LogP contribution in [-0.2, 0) is 9.53 Å². The molecule has 2 atom stereocenters. The molecule has 0 aromatic carbocycles. The van der Waals surface area contributed by atoms with Crippen LogP contribution in [0.4, 0.5) is 4.79 Å². The maximum absolute atomic E-state index is 11.8. The predicted molar refractivity (Wildman–Crippen MR) is 59.1 cm³/mol. The molecule has 16 heavy (non-hydrogen) atoms. The number of carbonyl (C=O) groups is 2. The van der Waals surface area contributed by atoms with E-state index in [0.29, 0.717) is 37.7 Å². The number of fused-ring (bicyclic) bond motifs is 3. The minimum Gasteiger partial charge on any atom is -0.450 e. The van der Waals surface area contributed by atoms with Crippen LogP contribution in [0.2, 0.25) is 0 Å². The van der Waals surface area contributed by atoms with E-state index in [2.05, 4.69) is 0 Å². The Labute approximate surface area is 95.9 Å². The highest BCUT2D eigenvalue weighted by molar-refractivity contribution is 5.81. The molecule has 2 unspecified atom stereocenters. The highest BCUT2D eigenvalue weighted by Crippen LogP contribution is 2.30. The number of Topliss-reactive ketones (excluding diaryl/α,β-unsaturated/α-hetero) is 1. The van der Waals surface area contributed by atoms with Crippen molar-refractivity contribution >= 4 is 11.9 Å². The van der Waals surface area contributed by atoms with Crippen molar-refractivity contribution in [1.29, 1.82) is 0 Å². The largest absolute Gasteiger partial charge is 0.450 e. The number of hydrogen-bond acceptors (Lipinski definition) is 3. The highest BCUT2D eigenvalue weighted by atomic mass is 16.6. The molecule has 2 aliphatic heterocycles. The zero-order valence-corrected chi connectivity index (χ0v) is 9.78. The molecule has 0 N–H and O–H groups in total. The fourth-order valence-electron chi connectivity index (χ4n) is 2.79. The summed E-state index contributed by atoms with van der Waals surface area (Å²) >= 11 is 0. The lowest BCUT2D eigenvalue weighted by Gasteiger charge is -2.27. The van der Waals surface area contributed by atoms with Gasteiger partial charge in [0.25, 0.3) is 0 Å². The molecular formula is C12H19NO3. The molecule has 0 aliphatic carbocycles. The van der Waals surface area contributed by atoms with Gasteiger partial charge in [-0.3, -0.25) is 4.79 Å². The summed E-state index contributed by atoms with van der Waals surface area (Å²) in [5.74, 6) is 0.658. The summed E-state index contributed by atoms with van der Waals surface area (Å²) in [6.45, 7) is 2.92.